The molecule has 3 heterocycles. The minimum Gasteiger partial charge on any atom is -0.477 e. The summed E-state index contributed by atoms with van der Waals surface area (Å²) >= 11 is 1.11. The fourth-order valence-corrected chi connectivity index (χ4v) is 6.32. The summed E-state index contributed by atoms with van der Waals surface area (Å²) in [4.78, 5) is 43.4. The van der Waals surface area contributed by atoms with E-state index in [1.807, 2.05) is 20.8 Å². The van der Waals surface area contributed by atoms with E-state index in [9.17, 15) is 19.5 Å². The molecule has 4 rings (SSSR count). The fourth-order valence-electron chi connectivity index (χ4n) is 5.48. The number of carboxylic acid groups (broad SMARTS) is 1. The molecular weight excluding hydrogens is 502 g/mol. The maximum absolute atomic E-state index is 14.0. The third-order valence-electron chi connectivity index (χ3n) is 7.64. The lowest BCUT2D eigenvalue weighted by molar-refractivity contribution is -0.124. The summed E-state index contributed by atoms with van der Waals surface area (Å²) < 4.78 is 5.74. The number of carboxylic acids is 1. The lowest BCUT2D eigenvalue weighted by Crippen LogP contribution is -2.47. The molecule has 9 heteroatoms. The summed E-state index contributed by atoms with van der Waals surface area (Å²) in [5, 5.41) is 13.3. The molecule has 3 fully saturated rings. The molecule has 38 heavy (non-hydrogen) atoms. The Kier molecular flexibility index (Phi) is 9.04. The van der Waals surface area contributed by atoms with E-state index >= 15 is 0 Å². The molecule has 2 amide bonds. The molecule has 1 aliphatic carbocycles. The largest absolute Gasteiger partial charge is 0.477 e. The summed E-state index contributed by atoms with van der Waals surface area (Å²) in [5.41, 5.74) is 0.170. The molecule has 1 aromatic heterocycles. The fraction of sp³-hybridized carbons (Fsp3) is 0.690. The highest BCUT2D eigenvalue weighted by molar-refractivity contribution is 7.15. The van der Waals surface area contributed by atoms with Crippen LogP contribution < -0.4 is 10.2 Å². The second-order valence-corrected chi connectivity index (χ2v) is 13.1. The van der Waals surface area contributed by atoms with Crippen molar-refractivity contribution in [1.29, 1.82) is 0 Å². The van der Waals surface area contributed by atoms with E-state index in [4.69, 9.17) is 4.74 Å². The smallest absolute Gasteiger partial charge is 0.410 e. The predicted molar refractivity (Wildman–Crippen MR) is 149 cm³/mol. The maximum Gasteiger partial charge on any atom is 0.410 e. The van der Waals surface area contributed by atoms with E-state index < -0.39 is 5.97 Å². The maximum atomic E-state index is 14.0. The van der Waals surface area contributed by atoms with E-state index in [2.05, 4.69) is 24.1 Å². The molecule has 2 atom stereocenters. The third kappa shape index (κ3) is 7.09. The Morgan fingerprint density at radius 3 is 2.53 bits per heavy atom. The molecule has 2 saturated heterocycles. The zero-order valence-corrected chi connectivity index (χ0v) is 23.9. The Bertz CT molecular complexity index is 1080. The van der Waals surface area contributed by atoms with Crippen LogP contribution in [0.5, 0.6) is 0 Å². The number of hydrogen-bond donors (Lipinski definition) is 2. The average molecular weight is 544 g/mol. The van der Waals surface area contributed by atoms with Gasteiger partial charge in [0, 0.05) is 31.0 Å². The number of hydrogen-bond acceptors (Lipinski definition) is 6. The van der Waals surface area contributed by atoms with Crippen molar-refractivity contribution in [2.24, 2.45) is 17.3 Å². The highest BCUT2D eigenvalue weighted by Crippen LogP contribution is 2.38. The van der Waals surface area contributed by atoms with Crippen LogP contribution in [0, 0.1) is 29.1 Å². The monoisotopic (exact) mass is 543 g/mol. The molecule has 1 unspecified atom stereocenters. The van der Waals surface area contributed by atoms with E-state index in [-0.39, 0.29) is 40.4 Å². The van der Waals surface area contributed by atoms with Crippen molar-refractivity contribution in [3.63, 3.8) is 0 Å². The Balaban J connectivity index is 1.61. The number of carbonyl (C=O) groups excluding carboxylic acids is 2. The van der Waals surface area contributed by atoms with Crippen molar-refractivity contribution >= 4 is 35.0 Å². The molecule has 0 radical (unpaired) electrons. The van der Waals surface area contributed by atoms with Gasteiger partial charge < -0.3 is 25.0 Å². The molecule has 1 saturated carbocycles. The molecule has 3 aliphatic rings. The van der Waals surface area contributed by atoms with Crippen LogP contribution in [0.4, 0.5) is 10.5 Å². The van der Waals surface area contributed by atoms with Gasteiger partial charge in [-0.05, 0) is 84.2 Å². The Morgan fingerprint density at radius 1 is 1.16 bits per heavy atom. The van der Waals surface area contributed by atoms with Gasteiger partial charge in [0.2, 0.25) is 5.91 Å². The Morgan fingerprint density at radius 2 is 1.89 bits per heavy atom. The number of thiophene rings is 1. The second kappa shape index (κ2) is 12.1. The number of nitrogens with one attached hydrogen (secondary N) is 1. The molecule has 1 aromatic rings. The van der Waals surface area contributed by atoms with Crippen molar-refractivity contribution in [1.82, 2.24) is 10.2 Å². The van der Waals surface area contributed by atoms with E-state index in [0.717, 1.165) is 56.4 Å². The van der Waals surface area contributed by atoms with Crippen molar-refractivity contribution < 1.29 is 24.2 Å². The normalized spacial score (nSPS) is 25.8. The third-order valence-corrected chi connectivity index (χ3v) is 8.66. The van der Waals surface area contributed by atoms with Gasteiger partial charge >= 0.3 is 12.1 Å². The van der Waals surface area contributed by atoms with Crippen LogP contribution in [0.1, 0.15) is 87.2 Å². The first-order chi connectivity index (χ1) is 18.0. The lowest BCUT2D eigenvalue weighted by Gasteiger charge is -2.34. The van der Waals surface area contributed by atoms with Crippen molar-refractivity contribution in [3.8, 4) is 11.8 Å². The molecule has 0 bridgehead atoms. The number of aromatic carboxylic acids is 1. The molecule has 0 aromatic carbocycles. The molecule has 2 aliphatic heterocycles. The molecule has 0 spiro atoms. The number of nitrogens with zero attached hydrogens (tertiary/aromatic N) is 2. The van der Waals surface area contributed by atoms with Gasteiger partial charge in [0.05, 0.1) is 16.6 Å². The number of ether oxygens (including phenoxy) is 1. The number of carbonyl (C=O) groups is 3. The van der Waals surface area contributed by atoms with Crippen LogP contribution in [0.3, 0.4) is 0 Å². The summed E-state index contributed by atoms with van der Waals surface area (Å²) in [6, 6.07) is 1.44. The van der Waals surface area contributed by atoms with Crippen LogP contribution in [0.25, 0.3) is 0 Å². The van der Waals surface area contributed by atoms with Gasteiger partial charge in [-0.25, -0.2) is 9.59 Å². The molecule has 8 nitrogen and oxygen atoms in total. The number of likely N-dealkylation sites (tertiary alicyclic amines) is 1. The zero-order valence-electron chi connectivity index (χ0n) is 23.0. The summed E-state index contributed by atoms with van der Waals surface area (Å²) in [7, 11) is 0. The van der Waals surface area contributed by atoms with E-state index in [0.29, 0.717) is 42.5 Å². The van der Waals surface area contributed by atoms with Crippen LogP contribution in [-0.2, 0) is 9.53 Å². The van der Waals surface area contributed by atoms with Gasteiger partial charge in [-0.1, -0.05) is 18.8 Å². The summed E-state index contributed by atoms with van der Waals surface area (Å²) in [6.45, 7) is 10.6. The lowest BCUT2D eigenvalue weighted by atomic mass is 9.82. The van der Waals surface area contributed by atoms with Crippen molar-refractivity contribution in [2.45, 2.75) is 84.8 Å². The number of piperidine rings is 1. The summed E-state index contributed by atoms with van der Waals surface area (Å²) in [6.07, 6.45) is 5.46. The number of amides is 2. The van der Waals surface area contributed by atoms with Gasteiger partial charge in [0.25, 0.3) is 0 Å². The van der Waals surface area contributed by atoms with E-state index in [1.165, 1.54) is 0 Å². The summed E-state index contributed by atoms with van der Waals surface area (Å²) in [5.74, 6) is 5.63. The number of anilines is 1. The minimum atomic E-state index is -1.07. The van der Waals surface area contributed by atoms with Gasteiger partial charge in [-0.3, -0.25) is 4.79 Å². The molecule has 2 N–H and O–H groups in total. The Hall–Kier alpha value is -2.57. The standard InChI is InChI=1S/C29H41N3O5S/c1-19-7-9-20(10-8-19)26(33)32(24-16-23(11-13-29(2,3)4)38-25(24)27(34)35)21-12-15-31(18-21)28(36)37-22-6-5-14-30-17-22/h16,19-22,30H,5-10,12,14-15,17-18H2,1-4H3,(H,34,35)/t19?,20?,21-,22?/m0/s1. The van der Waals surface area contributed by atoms with Crippen molar-refractivity contribution in [3.05, 3.63) is 15.8 Å². The highest BCUT2D eigenvalue weighted by Gasteiger charge is 2.40. The van der Waals surface area contributed by atoms with Gasteiger partial charge in [-0.15, -0.1) is 11.3 Å². The van der Waals surface area contributed by atoms with Gasteiger partial charge in [0.15, 0.2) is 0 Å². The first-order valence-corrected chi connectivity index (χ1v) is 14.7. The molecular formula is C29H41N3O5S. The Labute approximate surface area is 230 Å². The first kappa shape index (κ1) is 28.4. The minimum absolute atomic E-state index is 0.0378. The number of rotatable bonds is 5. The topological polar surface area (TPSA) is 99.2 Å². The molecule has 208 valence electrons. The van der Waals surface area contributed by atoms with Crippen LogP contribution >= 0.6 is 11.3 Å². The van der Waals surface area contributed by atoms with Crippen LogP contribution in [0.15, 0.2) is 6.07 Å². The van der Waals surface area contributed by atoms with Gasteiger partial charge in [-0.2, -0.15) is 0 Å². The predicted octanol–water partition coefficient (Wildman–Crippen LogP) is 4.97. The zero-order chi connectivity index (χ0) is 27.4. The average Bonchev–Trinajstić information content (AvgIpc) is 3.52. The SMILES string of the molecule is CC1CCC(C(=O)N(c2cc(C#CC(C)(C)C)sc2C(=O)O)[C@H]2CCN(C(=O)OC3CCCNC3)C2)CC1. The quantitative estimate of drug-likeness (QED) is 0.509. The highest BCUT2D eigenvalue weighted by atomic mass is 32.1. The first-order valence-electron chi connectivity index (χ1n) is 13.9. The van der Waals surface area contributed by atoms with Crippen molar-refractivity contribution in [2.75, 3.05) is 31.1 Å². The second-order valence-electron chi connectivity index (χ2n) is 12.0. The van der Waals surface area contributed by atoms with Crippen LogP contribution in [-0.4, -0.2) is 66.3 Å². The van der Waals surface area contributed by atoms with Gasteiger partial charge in [0.1, 0.15) is 11.0 Å². The van der Waals surface area contributed by atoms with E-state index in [1.54, 1.807) is 15.9 Å². The van der Waals surface area contributed by atoms with Crippen LogP contribution in [0.2, 0.25) is 0 Å².